The van der Waals surface area contributed by atoms with E-state index in [4.69, 9.17) is 11.6 Å². The lowest BCUT2D eigenvalue weighted by Gasteiger charge is -2.04. The van der Waals surface area contributed by atoms with Crippen molar-refractivity contribution in [1.82, 2.24) is 4.98 Å². The quantitative estimate of drug-likeness (QED) is 0.864. The van der Waals surface area contributed by atoms with Crippen LogP contribution in [0.15, 0.2) is 35.3 Å². The Labute approximate surface area is 91.2 Å². The number of nitrogens with one attached hydrogen (secondary N) is 1. The molecule has 72 valence electrons. The number of hydrogen-bond acceptors (Lipinski definition) is 3. The standard InChI is InChI=1S/C10H9ClN2S/c1-7(11)6-13-10-8-3-5-14-9(8)2-4-12-10/h2-5H,1,6H2,(H,12,13). The van der Waals surface area contributed by atoms with Gasteiger partial charge in [-0.1, -0.05) is 18.2 Å². The average molecular weight is 225 g/mol. The van der Waals surface area contributed by atoms with Crippen molar-refractivity contribution >= 4 is 38.8 Å². The van der Waals surface area contributed by atoms with Gasteiger partial charge in [-0.05, 0) is 17.5 Å². The third-order valence-corrected chi connectivity index (χ3v) is 2.84. The molecule has 2 rings (SSSR count). The van der Waals surface area contributed by atoms with E-state index in [0.29, 0.717) is 11.6 Å². The summed E-state index contributed by atoms with van der Waals surface area (Å²) in [5, 5.41) is 6.90. The number of aromatic nitrogens is 1. The molecule has 0 amide bonds. The van der Waals surface area contributed by atoms with Crippen LogP contribution in [0, 0.1) is 0 Å². The smallest absolute Gasteiger partial charge is 0.134 e. The number of pyridine rings is 1. The van der Waals surface area contributed by atoms with E-state index in [-0.39, 0.29) is 0 Å². The predicted octanol–water partition coefficient (Wildman–Crippen LogP) is 3.46. The van der Waals surface area contributed by atoms with E-state index in [2.05, 4.69) is 16.9 Å². The molecule has 1 N–H and O–H groups in total. The number of nitrogens with zero attached hydrogens (tertiary/aromatic N) is 1. The number of thiophene rings is 1. The summed E-state index contributed by atoms with van der Waals surface area (Å²) in [7, 11) is 0. The third-order valence-electron chi connectivity index (χ3n) is 1.83. The molecule has 0 saturated heterocycles. The van der Waals surface area contributed by atoms with Crippen molar-refractivity contribution in [2.24, 2.45) is 0 Å². The number of rotatable bonds is 3. The maximum atomic E-state index is 5.67. The first-order valence-electron chi connectivity index (χ1n) is 4.17. The van der Waals surface area contributed by atoms with Gasteiger partial charge < -0.3 is 5.32 Å². The third kappa shape index (κ3) is 1.89. The summed E-state index contributed by atoms with van der Waals surface area (Å²) >= 11 is 7.37. The lowest BCUT2D eigenvalue weighted by atomic mass is 10.3. The van der Waals surface area contributed by atoms with E-state index < -0.39 is 0 Å². The molecular formula is C10H9ClN2S. The van der Waals surface area contributed by atoms with Gasteiger partial charge in [-0.15, -0.1) is 11.3 Å². The number of halogens is 1. The minimum Gasteiger partial charge on any atom is -0.365 e. The van der Waals surface area contributed by atoms with Gasteiger partial charge in [0.2, 0.25) is 0 Å². The van der Waals surface area contributed by atoms with Crippen LogP contribution in [0.5, 0.6) is 0 Å². The van der Waals surface area contributed by atoms with Crippen LogP contribution in [0.3, 0.4) is 0 Å². The molecule has 0 unspecified atom stereocenters. The highest BCUT2D eigenvalue weighted by Gasteiger charge is 2.02. The Bertz CT molecular complexity index is 464. The van der Waals surface area contributed by atoms with Crippen molar-refractivity contribution in [3.63, 3.8) is 0 Å². The van der Waals surface area contributed by atoms with E-state index in [1.807, 2.05) is 17.5 Å². The van der Waals surface area contributed by atoms with Gasteiger partial charge in [0.1, 0.15) is 5.82 Å². The van der Waals surface area contributed by atoms with Crippen LogP contribution in [0.25, 0.3) is 10.1 Å². The summed E-state index contributed by atoms with van der Waals surface area (Å²) < 4.78 is 1.22. The molecule has 0 aromatic carbocycles. The minimum atomic E-state index is 0.545. The predicted molar refractivity (Wildman–Crippen MR) is 63.1 cm³/mol. The van der Waals surface area contributed by atoms with E-state index in [0.717, 1.165) is 11.2 Å². The fourth-order valence-corrected chi connectivity index (χ4v) is 2.06. The number of fused-ring (bicyclic) bond motifs is 1. The first-order valence-corrected chi connectivity index (χ1v) is 5.42. The topological polar surface area (TPSA) is 24.9 Å². The maximum Gasteiger partial charge on any atom is 0.134 e. The maximum absolute atomic E-state index is 5.67. The van der Waals surface area contributed by atoms with Gasteiger partial charge in [0.05, 0.1) is 6.54 Å². The number of anilines is 1. The summed E-state index contributed by atoms with van der Waals surface area (Å²) in [5.41, 5.74) is 0. The molecule has 0 spiro atoms. The monoisotopic (exact) mass is 224 g/mol. The fourth-order valence-electron chi connectivity index (χ4n) is 1.22. The summed E-state index contributed by atoms with van der Waals surface area (Å²) in [4.78, 5) is 4.25. The highest BCUT2D eigenvalue weighted by atomic mass is 35.5. The first kappa shape index (κ1) is 9.49. The summed E-state index contributed by atoms with van der Waals surface area (Å²) in [5.74, 6) is 0.866. The van der Waals surface area contributed by atoms with Crippen molar-refractivity contribution in [2.45, 2.75) is 0 Å². The Hall–Kier alpha value is -1.06. The van der Waals surface area contributed by atoms with Crippen LogP contribution in [-0.2, 0) is 0 Å². The molecule has 4 heteroatoms. The van der Waals surface area contributed by atoms with Crippen molar-refractivity contribution in [2.75, 3.05) is 11.9 Å². The van der Waals surface area contributed by atoms with Gasteiger partial charge in [0.15, 0.2) is 0 Å². The van der Waals surface area contributed by atoms with E-state index in [1.54, 1.807) is 17.5 Å². The Morgan fingerprint density at radius 2 is 2.43 bits per heavy atom. The van der Waals surface area contributed by atoms with Gasteiger partial charge in [0, 0.05) is 21.3 Å². The molecule has 0 aliphatic rings. The molecule has 0 bridgehead atoms. The van der Waals surface area contributed by atoms with Crippen LogP contribution in [-0.4, -0.2) is 11.5 Å². The zero-order valence-electron chi connectivity index (χ0n) is 7.46. The Morgan fingerprint density at radius 1 is 1.57 bits per heavy atom. The molecule has 0 aliphatic heterocycles. The van der Waals surface area contributed by atoms with Gasteiger partial charge >= 0.3 is 0 Å². The highest BCUT2D eigenvalue weighted by molar-refractivity contribution is 7.17. The van der Waals surface area contributed by atoms with Gasteiger partial charge in [-0.3, -0.25) is 0 Å². The van der Waals surface area contributed by atoms with E-state index >= 15 is 0 Å². The van der Waals surface area contributed by atoms with E-state index in [9.17, 15) is 0 Å². The SMILES string of the molecule is C=C(Cl)CNc1nccc2sccc12. The lowest BCUT2D eigenvalue weighted by molar-refractivity contribution is 1.24. The van der Waals surface area contributed by atoms with Gasteiger partial charge in [-0.2, -0.15) is 0 Å². The number of hydrogen-bond donors (Lipinski definition) is 1. The second-order valence-electron chi connectivity index (χ2n) is 2.86. The molecule has 14 heavy (non-hydrogen) atoms. The highest BCUT2D eigenvalue weighted by Crippen LogP contribution is 2.25. The largest absolute Gasteiger partial charge is 0.365 e. The summed E-state index contributed by atoms with van der Waals surface area (Å²) in [6.45, 7) is 4.16. The second kappa shape index (κ2) is 3.98. The molecule has 2 nitrogen and oxygen atoms in total. The Kier molecular flexibility index (Phi) is 2.70. The van der Waals surface area contributed by atoms with Crippen molar-refractivity contribution in [3.05, 3.63) is 35.3 Å². The van der Waals surface area contributed by atoms with Crippen molar-refractivity contribution < 1.29 is 0 Å². The molecule has 0 radical (unpaired) electrons. The zero-order chi connectivity index (χ0) is 9.97. The summed E-state index contributed by atoms with van der Waals surface area (Å²) in [6, 6.07) is 4.05. The molecule has 0 fully saturated rings. The molecule has 2 aromatic heterocycles. The lowest BCUT2D eigenvalue weighted by Crippen LogP contribution is -2.02. The first-order chi connectivity index (χ1) is 6.77. The van der Waals surface area contributed by atoms with Crippen LogP contribution in [0.2, 0.25) is 0 Å². The molecule has 0 saturated carbocycles. The minimum absolute atomic E-state index is 0.545. The average Bonchev–Trinajstić information content (AvgIpc) is 2.62. The van der Waals surface area contributed by atoms with Crippen LogP contribution >= 0.6 is 22.9 Å². The molecule has 0 atom stereocenters. The Morgan fingerprint density at radius 3 is 3.21 bits per heavy atom. The molecule has 2 aromatic rings. The van der Waals surface area contributed by atoms with Gasteiger partial charge in [-0.25, -0.2) is 4.98 Å². The van der Waals surface area contributed by atoms with Gasteiger partial charge in [0.25, 0.3) is 0 Å². The molecule has 0 aliphatic carbocycles. The van der Waals surface area contributed by atoms with Crippen molar-refractivity contribution in [3.8, 4) is 0 Å². The normalized spacial score (nSPS) is 10.4. The fraction of sp³-hybridized carbons (Fsp3) is 0.100. The second-order valence-corrected chi connectivity index (χ2v) is 4.35. The Balaban J connectivity index is 2.32. The van der Waals surface area contributed by atoms with E-state index in [1.165, 1.54) is 4.70 Å². The van der Waals surface area contributed by atoms with Crippen molar-refractivity contribution in [1.29, 1.82) is 0 Å². The molecule has 2 heterocycles. The van der Waals surface area contributed by atoms with Crippen LogP contribution < -0.4 is 5.32 Å². The van der Waals surface area contributed by atoms with Crippen LogP contribution in [0.4, 0.5) is 5.82 Å². The zero-order valence-corrected chi connectivity index (χ0v) is 9.03. The molecular weight excluding hydrogens is 216 g/mol. The summed E-state index contributed by atoms with van der Waals surface area (Å²) in [6.07, 6.45) is 1.79. The van der Waals surface area contributed by atoms with Crippen LogP contribution in [0.1, 0.15) is 0 Å².